The van der Waals surface area contributed by atoms with Gasteiger partial charge in [-0.1, -0.05) is 19.8 Å². The van der Waals surface area contributed by atoms with E-state index in [1.54, 1.807) is 6.07 Å². The van der Waals surface area contributed by atoms with Crippen LogP contribution in [0.5, 0.6) is 0 Å². The van der Waals surface area contributed by atoms with Crippen molar-refractivity contribution in [2.45, 2.75) is 45.1 Å². The smallest absolute Gasteiger partial charge is 0.270 e. The number of hydrogen-bond acceptors (Lipinski definition) is 5. The number of ether oxygens (including phenoxy) is 1. The quantitative estimate of drug-likeness (QED) is 0.717. The van der Waals surface area contributed by atoms with Crippen molar-refractivity contribution in [3.8, 4) is 0 Å². The van der Waals surface area contributed by atoms with Gasteiger partial charge in [-0.3, -0.25) is 4.79 Å². The third kappa shape index (κ3) is 5.30. The summed E-state index contributed by atoms with van der Waals surface area (Å²) < 4.78 is 5.54. The first-order chi connectivity index (χ1) is 10.3. The van der Waals surface area contributed by atoms with Gasteiger partial charge in [0.2, 0.25) is 0 Å². The molecule has 0 spiro atoms. The van der Waals surface area contributed by atoms with Crippen molar-refractivity contribution in [3.63, 3.8) is 0 Å². The van der Waals surface area contributed by atoms with Gasteiger partial charge in [0.15, 0.2) is 0 Å². The lowest BCUT2D eigenvalue weighted by molar-refractivity contribution is 0.0948. The van der Waals surface area contributed by atoms with E-state index in [9.17, 15) is 4.79 Å². The van der Waals surface area contributed by atoms with E-state index >= 15 is 0 Å². The second-order valence-corrected chi connectivity index (χ2v) is 5.27. The van der Waals surface area contributed by atoms with Crippen LogP contribution in [0.4, 0.5) is 5.82 Å². The molecular weight excluding hydrogens is 268 g/mol. The highest BCUT2D eigenvalue weighted by Gasteiger charge is 2.15. The Morgan fingerprint density at radius 3 is 3.10 bits per heavy atom. The highest BCUT2D eigenvalue weighted by Crippen LogP contribution is 2.13. The Bertz CT molecular complexity index is 447. The summed E-state index contributed by atoms with van der Waals surface area (Å²) in [5.41, 5.74) is 0.399. The van der Waals surface area contributed by atoms with Gasteiger partial charge in [-0.25, -0.2) is 9.97 Å². The minimum atomic E-state index is -0.145. The summed E-state index contributed by atoms with van der Waals surface area (Å²) in [6.45, 7) is 4.38. The summed E-state index contributed by atoms with van der Waals surface area (Å²) in [5, 5.41) is 6.08. The first kappa shape index (κ1) is 15.7. The number of hydrogen-bond donors (Lipinski definition) is 2. The molecule has 1 aromatic heterocycles. The fraction of sp³-hybridized carbons (Fsp3) is 0.667. The number of unbranched alkanes of at least 4 members (excludes halogenated alkanes) is 2. The first-order valence-corrected chi connectivity index (χ1v) is 7.75. The molecule has 1 aliphatic heterocycles. The van der Waals surface area contributed by atoms with Gasteiger partial charge in [-0.15, -0.1) is 0 Å². The molecule has 1 unspecified atom stereocenters. The molecule has 21 heavy (non-hydrogen) atoms. The summed E-state index contributed by atoms with van der Waals surface area (Å²) in [7, 11) is 0. The lowest BCUT2D eigenvalue weighted by Crippen LogP contribution is -2.26. The molecule has 2 rings (SSSR count). The number of nitrogens with zero attached hydrogens (tertiary/aromatic N) is 2. The number of amides is 1. The van der Waals surface area contributed by atoms with Gasteiger partial charge in [0.25, 0.3) is 5.91 Å². The molecule has 6 heteroatoms. The van der Waals surface area contributed by atoms with Crippen molar-refractivity contribution in [3.05, 3.63) is 18.1 Å². The van der Waals surface area contributed by atoms with E-state index in [-0.39, 0.29) is 12.0 Å². The fourth-order valence-electron chi connectivity index (χ4n) is 2.27. The zero-order valence-corrected chi connectivity index (χ0v) is 12.6. The molecule has 0 bridgehead atoms. The molecule has 2 heterocycles. The van der Waals surface area contributed by atoms with Gasteiger partial charge in [-0.05, 0) is 19.3 Å². The van der Waals surface area contributed by atoms with Crippen LogP contribution in [0.1, 0.15) is 49.5 Å². The number of nitrogens with one attached hydrogen (secondary N) is 2. The van der Waals surface area contributed by atoms with Crippen LogP contribution in [0.15, 0.2) is 12.4 Å². The molecule has 6 nitrogen and oxygen atoms in total. The molecule has 0 radical (unpaired) electrons. The maximum atomic E-state index is 12.0. The molecule has 0 aromatic carbocycles. The van der Waals surface area contributed by atoms with Crippen LogP contribution in [0, 0.1) is 0 Å². The van der Waals surface area contributed by atoms with Gasteiger partial charge in [-0.2, -0.15) is 0 Å². The summed E-state index contributed by atoms with van der Waals surface area (Å²) >= 11 is 0. The average Bonchev–Trinajstić information content (AvgIpc) is 3.03. The summed E-state index contributed by atoms with van der Waals surface area (Å²) in [5.74, 6) is 0.521. The first-order valence-electron chi connectivity index (χ1n) is 7.75. The molecule has 116 valence electrons. The Hall–Kier alpha value is -1.69. The standard InChI is InChI=1S/C15H24N4O2/c1-2-3-4-7-16-15(20)13-9-14(19-11-18-13)17-10-12-6-5-8-21-12/h9,11-12H,2-8,10H2,1H3,(H,16,20)(H,17,18,19). The SMILES string of the molecule is CCCCCNC(=O)c1cc(NCC2CCCO2)ncn1. The average molecular weight is 292 g/mol. The zero-order chi connectivity index (χ0) is 14.9. The second kappa shape index (κ2) is 8.56. The van der Waals surface area contributed by atoms with Crippen LogP contribution >= 0.6 is 0 Å². The third-order valence-corrected chi connectivity index (χ3v) is 3.50. The molecule has 1 saturated heterocycles. The molecule has 2 N–H and O–H groups in total. The maximum Gasteiger partial charge on any atom is 0.270 e. The predicted molar refractivity (Wildman–Crippen MR) is 81.4 cm³/mol. The molecule has 1 aliphatic rings. The fourth-order valence-corrected chi connectivity index (χ4v) is 2.27. The van der Waals surface area contributed by atoms with E-state index < -0.39 is 0 Å². The van der Waals surface area contributed by atoms with Crippen molar-refractivity contribution in [2.75, 3.05) is 25.0 Å². The topological polar surface area (TPSA) is 76.1 Å². The molecule has 1 amide bonds. The van der Waals surface area contributed by atoms with Crippen molar-refractivity contribution in [1.82, 2.24) is 15.3 Å². The second-order valence-electron chi connectivity index (χ2n) is 5.27. The Balaban J connectivity index is 1.80. The van der Waals surface area contributed by atoms with Crippen LogP contribution in [0.3, 0.4) is 0 Å². The molecule has 0 aliphatic carbocycles. The van der Waals surface area contributed by atoms with Crippen molar-refractivity contribution in [2.24, 2.45) is 0 Å². The largest absolute Gasteiger partial charge is 0.376 e. The highest BCUT2D eigenvalue weighted by atomic mass is 16.5. The molecular formula is C15H24N4O2. The van der Waals surface area contributed by atoms with E-state index in [0.717, 1.165) is 38.7 Å². The van der Waals surface area contributed by atoms with Gasteiger partial charge >= 0.3 is 0 Å². The van der Waals surface area contributed by atoms with Crippen LogP contribution in [0.2, 0.25) is 0 Å². The predicted octanol–water partition coefficient (Wildman–Crippen LogP) is 1.99. The van der Waals surface area contributed by atoms with E-state index in [4.69, 9.17) is 4.74 Å². The van der Waals surface area contributed by atoms with Crippen molar-refractivity contribution >= 4 is 11.7 Å². The van der Waals surface area contributed by atoms with Crippen LogP contribution in [0.25, 0.3) is 0 Å². The Labute approximate surface area is 125 Å². The number of carbonyl (C=O) groups excluding carboxylic acids is 1. The van der Waals surface area contributed by atoms with Gasteiger partial charge < -0.3 is 15.4 Å². The number of aromatic nitrogens is 2. The number of carbonyl (C=O) groups is 1. The summed E-state index contributed by atoms with van der Waals surface area (Å²) in [6.07, 6.45) is 7.10. The van der Waals surface area contributed by atoms with Gasteiger partial charge in [0.1, 0.15) is 17.8 Å². The lowest BCUT2D eigenvalue weighted by Gasteiger charge is -2.11. The van der Waals surface area contributed by atoms with Crippen molar-refractivity contribution in [1.29, 1.82) is 0 Å². The van der Waals surface area contributed by atoms with Gasteiger partial charge in [0, 0.05) is 25.8 Å². The van der Waals surface area contributed by atoms with E-state index in [0.29, 0.717) is 24.6 Å². The van der Waals surface area contributed by atoms with Crippen molar-refractivity contribution < 1.29 is 9.53 Å². The monoisotopic (exact) mass is 292 g/mol. The maximum absolute atomic E-state index is 12.0. The Morgan fingerprint density at radius 1 is 1.43 bits per heavy atom. The van der Waals surface area contributed by atoms with Crippen LogP contribution in [-0.2, 0) is 4.74 Å². The minimum Gasteiger partial charge on any atom is -0.376 e. The van der Waals surface area contributed by atoms with E-state index in [1.807, 2.05) is 0 Å². The summed E-state index contributed by atoms with van der Waals surface area (Å²) in [4.78, 5) is 20.1. The van der Waals surface area contributed by atoms with E-state index in [2.05, 4.69) is 27.5 Å². The van der Waals surface area contributed by atoms with E-state index in [1.165, 1.54) is 6.33 Å². The highest BCUT2D eigenvalue weighted by molar-refractivity contribution is 5.92. The Morgan fingerprint density at radius 2 is 2.33 bits per heavy atom. The lowest BCUT2D eigenvalue weighted by atomic mass is 10.2. The number of rotatable bonds is 8. The van der Waals surface area contributed by atoms with Crippen LogP contribution < -0.4 is 10.6 Å². The summed E-state index contributed by atoms with van der Waals surface area (Å²) in [6, 6.07) is 1.68. The van der Waals surface area contributed by atoms with Crippen LogP contribution in [-0.4, -0.2) is 41.7 Å². The normalized spacial score (nSPS) is 17.7. The number of anilines is 1. The minimum absolute atomic E-state index is 0.145. The third-order valence-electron chi connectivity index (χ3n) is 3.50. The molecule has 1 atom stereocenters. The molecule has 1 fully saturated rings. The molecule has 1 aromatic rings. The van der Waals surface area contributed by atoms with Gasteiger partial charge in [0.05, 0.1) is 6.10 Å². The zero-order valence-electron chi connectivity index (χ0n) is 12.6. The Kier molecular flexibility index (Phi) is 6.40. The molecule has 0 saturated carbocycles.